The van der Waals surface area contributed by atoms with E-state index in [0.717, 1.165) is 24.0 Å². The van der Waals surface area contributed by atoms with Crippen LogP contribution in [0.2, 0.25) is 0 Å². The Kier molecular flexibility index (Phi) is 4.51. The highest BCUT2D eigenvalue weighted by atomic mass is 35.5. The van der Waals surface area contributed by atoms with E-state index < -0.39 is 0 Å². The second kappa shape index (κ2) is 5.96. The molecule has 0 radical (unpaired) electrons. The number of amides is 1. The first-order valence-electron chi connectivity index (χ1n) is 6.96. The van der Waals surface area contributed by atoms with Crippen LogP contribution in [0, 0.1) is 5.41 Å². The van der Waals surface area contributed by atoms with Crippen LogP contribution in [0.3, 0.4) is 0 Å². The highest BCUT2D eigenvalue weighted by Crippen LogP contribution is 2.35. The molecule has 2 rings (SSSR count). The van der Waals surface area contributed by atoms with Gasteiger partial charge in [-0.1, -0.05) is 26.0 Å². The summed E-state index contributed by atoms with van der Waals surface area (Å²) in [5.41, 5.74) is 2.19. The van der Waals surface area contributed by atoms with Crippen molar-refractivity contribution in [1.29, 1.82) is 0 Å². The lowest BCUT2D eigenvalue weighted by atomic mass is 9.75. The quantitative estimate of drug-likeness (QED) is 0.829. The van der Waals surface area contributed by atoms with Crippen molar-refractivity contribution in [2.45, 2.75) is 51.5 Å². The summed E-state index contributed by atoms with van der Waals surface area (Å²) in [7, 11) is 0. The molecule has 0 saturated heterocycles. The van der Waals surface area contributed by atoms with E-state index in [4.69, 9.17) is 11.6 Å². The predicted molar refractivity (Wildman–Crippen MR) is 79.5 cm³/mol. The van der Waals surface area contributed by atoms with E-state index in [-0.39, 0.29) is 5.91 Å². The lowest BCUT2D eigenvalue weighted by Crippen LogP contribution is -2.39. The lowest BCUT2D eigenvalue weighted by Gasteiger charge is -2.34. The molecule has 1 aromatic rings. The van der Waals surface area contributed by atoms with Gasteiger partial charge in [-0.3, -0.25) is 4.79 Å². The highest BCUT2D eigenvalue weighted by molar-refractivity contribution is 6.17. The molecular weight excluding hydrogens is 258 g/mol. The standard InChI is InChI=1S/C16H22ClNO/c1-16(2)9-7-14(8-10-16)18-15(19)13-5-3-12(11-17)4-6-13/h3-6,14H,7-11H2,1-2H3,(H,18,19). The third-order valence-corrected chi connectivity index (χ3v) is 4.35. The molecule has 1 amide bonds. The van der Waals surface area contributed by atoms with Crippen LogP contribution >= 0.6 is 11.6 Å². The van der Waals surface area contributed by atoms with Crippen molar-refractivity contribution < 1.29 is 4.79 Å². The van der Waals surface area contributed by atoms with E-state index >= 15 is 0 Å². The summed E-state index contributed by atoms with van der Waals surface area (Å²) in [5, 5.41) is 3.14. The normalized spacial score (nSPS) is 19.1. The van der Waals surface area contributed by atoms with Gasteiger partial charge in [0.05, 0.1) is 0 Å². The second-order valence-electron chi connectivity index (χ2n) is 6.24. The first-order chi connectivity index (χ1) is 9.00. The molecule has 1 fully saturated rings. The van der Waals surface area contributed by atoms with E-state index in [0.29, 0.717) is 17.3 Å². The fraction of sp³-hybridized carbons (Fsp3) is 0.562. The SMILES string of the molecule is CC1(C)CCC(NC(=O)c2ccc(CCl)cc2)CC1. The topological polar surface area (TPSA) is 29.1 Å². The van der Waals surface area contributed by atoms with Gasteiger partial charge in [-0.2, -0.15) is 0 Å². The Morgan fingerprint density at radius 2 is 1.84 bits per heavy atom. The predicted octanol–water partition coefficient (Wildman–Crippen LogP) is 4.12. The number of nitrogens with one attached hydrogen (secondary N) is 1. The molecule has 0 aromatic heterocycles. The number of carbonyl (C=O) groups excluding carboxylic acids is 1. The van der Waals surface area contributed by atoms with Gasteiger partial charge in [0.25, 0.3) is 5.91 Å². The van der Waals surface area contributed by atoms with Crippen molar-refractivity contribution in [2.24, 2.45) is 5.41 Å². The number of hydrogen-bond donors (Lipinski definition) is 1. The van der Waals surface area contributed by atoms with E-state index in [1.807, 2.05) is 24.3 Å². The molecule has 1 aliphatic carbocycles. The minimum absolute atomic E-state index is 0.0332. The first-order valence-corrected chi connectivity index (χ1v) is 7.49. The molecule has 1 aromatic carbocycles. The Labute approximate surface area is 120 Å². The fourth-order valence-corrected chi connectivity index (χ4v) is 2.74. The fourth-order valence-electron chi connectivity index (χ4n) is 2.56. The maximum Gasteiger partial charge on any atom is 0.251 e. The number of rotatable bonds is 3. The highest BCUT2D eigenvalue weighted by Gasteiger charge is 2.27. The van der Waals surface area contributed by atoms with E-state index in [9.17, 15) is 4.79 Å². The summed E-state index contributed by atoms with van der Waals surface area (Å²) < 4.78 is 0. The van der Waals surface area contributed by atoms with Gasteiger partial charge in [-0.15, -0.1) is 11.6 Å². The molecule has 2 nitrogen and oxygen atoms in total. The molecule has 0 spiro atoms. The van der Waals surface area contributed by atoms with Gasteiger partial charge in [-0.05, 0) is 48.8 Å². The Balaban J connectivity index is 1.90. The van der Waals surface area contributed by atoms with Gasteiger partial charge in [0, 0.05) is 17.5 Å². The minimum Gasteiger partial charge on any atom is -0.349 e. The van der Waals surface area contributed by atoms with Crippen LogP contribution in [0.5, 0.6) is 0 Å². The maximum atomic E-state index is 12.1. The first kappa shape index (κ1) is 14.4. The molecule has 0 atom stereocenters. The van der Waals surface area contributed by atoms with Crippen LogP contribution in [0.4, 0.5) is 0 Å². The van der Waals surface area contributed by atoms with Gasteiger partial charge in [0.2, 0.25) is 0 Å². The number of hydrogen-bond acceptors (Lipinski definition) is 1. The molecule has 1 saturated carbocycles. The van der Waals surface area contributed by atoms with Crippen molar-refractivity contribution in [2.75, 3.05) is 0 Å². The van der Waals surface area contributed by atoms with Gasteiger partial charge in [0.15, 0.2) is 0 Å². The average Bonchev–Trinajstić information content (AvgIpc) is 2.41. The van der Waals surface area contributed by atoms with E-state index in [2.05, 4.69) is 19.2 Å². The maximum absolute atomic E-state index is 12.1. The van der Waals surface area contributed by atoms with Crippen LogP contribution in [0.15, 0.2) is 24.3 Å². The number of halogens is 1. The molecule has 0 unspecified atom stereocenters. The molecule has 19 heavy (non-hydrogen) atoms. The van der Waals surface area contributed by atoms with Gasteiger partial charge >= 0.3 is 0 Å². The third-order valence-electron chi connectivity index (χ3n) is 4.04. The summed E-state index contributed by atoms with van der Waals surface area (Å²) >= 11 is 5.74. The molecule has 0 bridgehead atoms. The molecule has 1 N–H and O–H groups in total. The Bertz CT molecular complexity index is 429. The zero-order valence-corrected chi connectivity index (χ0v) is 12.5. The van der Waals surface area contributed by atoms with E-state index in [1.54, 1.807) is 0 Å². The summed E-state index contributed by atoms with van der Waals surface area (Å²) in [4.78, 5) is 12.1. The van der Waals surface area contributed by atoms with Gasteiger partial charge in [0.1, 0.15) is 0 Å². The molecular formula is C16H22ClNO. The smallest absolute Gasteiger partial charge is 0.251 e. The minimum atomic E-state index is 0.0332. The molecule has 104 valence electrons. The molecule has 3 heteroatoms. The van der Waals surface area contributed by atoms with Gasteiger partial charge in [-0.25, -0.2) is 0 Å². The summed E-state index contributed by atoms with van der Waals surface area (Å²) in [5.74, 6) is 0.519. The summed E-state index contributed by atoms with van der Waals surface area (Å²) in [6, 6.07) is 7.84. The molecule has 0 aliphatic heterocycles. The monoisotopic (exact) mass is 279 g/mol. The summed E-state index contributed by atoms with van der Waals surface area (Å²) in [6.45, 7) is 4.60. The van der Waals surface area contributed by atoms with Crippen molar-refractivity contribution in [3.63, 3.8) is 0 Å². The van der Waals surface area contributed by atoms with Crippen molar-refractivity contribution in [3.05, 3.63) is 35.4 Å². The van der Waals surface area contributed by atoms with Crippen molar-refractivity contribution >= 4 is 17.5 Å². The second-order valence-corrected chi connectivity index (χ2v) is 6.51. The van der Waals surface area contributed by atoms with E-state index in [1.165, 1.54) is 12.8 Å². The van der Waals surface area contributed by atoms with Crippen LogP contribution in [0.1, 0.15) is 55.5 Å². The number of alkyl halides is 1. The molecule has 1 aliphatic rings. The van der Waals surface area contributed by atoms with Crippen LogP contribution in [-0.4, -0.2) is 11.9 Å². The average molecular weight is 280 g/mol. The zero-order valence-electron chi connectivity index (χ0n) is 11.7. The summed E-state index contributed by atoms with van der Waals surface area (Å²) in [6.07, 6.45) is 4.53. The van der Waals surface area contributed by atoms with Crippen molar-refractivity contribution in [3.8, 4) is 0 Å². The van der Waals surface area contributed by atoms with Gasteiger partial charge < -0.3 is 5.32 Å². The van der Waals surface area contributed by atoms with Crippen LogP contribution in [0.25, 0.3) is 0 Å². The van der Waals surface area contributed by atoms with Crippen LogP contribution in [-0.2, 0) is 5.88 Å². The zero-order chi connectivity index (χ0) is 13.9. The Morgan fingerprint density at radius 3 is 2.37 bits per heavy atom. The number of carbonyl (C=O) groups is 1. The third kappa shape index (κ3) is 3.97. The largest absolute Gasteiger partial charge is 0.349 e. The Hall–Kier alpha value is -1.02. The Morgan fingerprint density at radius 1 is 1.26 bits per heavy atom. The molecule has 0 heterocycles. The van der Waals surface area contributed by atoms with Crippen molar-refractivity contribution in [1.82, 2.24) is 5.32 Å². The lowest BCUT2D eigenvalue weighted by molar-refractivity contribution is 0.0909. The number of benzene rings is 1. The van der Waals surface area contributed by atoms with Crippen LogP contribution < -0.4 is 5.32 Å².